The van der Waals surface area contributed by atoms with E-state index in [2.05, 4.69) is 12.1 Å². The third kappa shape index (κ3) is 3.56. The van der Waals surface area contributed by atoms with Gasteiger partial charge >= 0.3 is 0 Å². The molecule has 3 aromatic rings. The second-order valence-corrected chi connectivity index (χ2v) is 7.27. The molecule has 2 heterocycles. The van der Waals surface area contributed by atoms with E-state index in [4.69, 9.17) is 9.72 Å². The number of benzene rings is 2. The highest BCUT2D eigenvalue weighted by Crippen LogP contribution is 2.31. The summed E-state index contributed by atoms with van der Waals surface area (Å²) in [5.41, 5.74) is 1.66. The van der Waals surface area contributed by atoms with Gasteiger partial charge in [-0.3, -0.25) is 14.2 Å². The first-order chi connectivity index (χ1) is 14.1. The Balaban J connectivity index is 1.69. The Morgan fingerprint density at radius 3 is 2.52 bits per heavy atom. The Labute approximate surface area is 169 Å². The summed E-state index contributed by atoms with van der Waals surface area (Å²) in [4.78, 5) is 32.7. The van der Waals surface area contributed by atoms with Crippen LogP contribution < -0.4 is 5.56 Å². The Morgan fingerprint density at radius 1 is 1.03 bits per heavy atom. The largest absolute Gasteiger partial charge is 0.351 e. The van der Waals surface area contributed by atoms with E-state index in [-0.39, 0.29) is 11.5 Å². The first-order valence-corrected chi connectivity index (χ1v) is 10.1. The highest BCUT2D eigenvalue weighted by atomic mass is 16.5. The minimum Gasteiger partial charge on any atom is -0.351 e. The summed E-state index contributed by atoms with van der Waals surface area (Å²) in [6.07, 6.45) is 1.02. The van der Waals surface area contributed by atoms with Gasteiger partial charge in [-0.25, -0.2) is 4.98 Å². The van der Waals surface area contributed by atoms with Gasteiger partial charge in [0.05, 0.1) is 10.9 Å². The van der Waals surface area contributed by atoms with Crippen LogP contribution in [0.2, 0.25) is 0 Å². The van der Waals surface area contributed by atoms with Crippen LogP contribution in [0.5, 0.6) is 0 Å². The van der Waals surface area contributed by atoms with Gasteiger partial charge in [0.25, 0.3) is 5.56 Å². The van der Waals surface area contributed by atoms with E-state index < -0.39 is 12.3 Å². The van der Waals surface area contributed by atoms with Crippen molar-refractivity contribution in [3.05, 3.63) is 76.3 Å². The molecule has 0 saturated heterocycles. The summed E-state index contributed by atoms with van der Waals surface area (Å²) < 4.78 is 7.43. The highest BCUT2D eigenvalue weighted by molar-refractivity contribution is 5.83. The third-order valence-electron chi connectivity index (χ3n) is 5.40. The summed E-state index contributed by atoms with van der Waals surface area (Å²) in [5.74, 6) is 0.394. The van der Waals surface area contributed by atoms with Gasteiger partial charge in [0.15, 0.2) is 12.1 Å². The molecule has 1 aliphatic heterocycles. The van der Waals surface area contributed by atoms with Crippen molar-refractivity contribution >= 4 is 16.8 Å². The fraction of sp³-hybridized carbons (Fsp3) is 0.348. The molecule has 0 fully saturated rings. The molecule has 6 heteroatoms. The van der Waals surface area contributed by atoms with Crippen molar-refractivity contribution in [2.45, 2.75) is 39.0 Å². The summed E-state index contributed by atoms with van der Waals surface area (Å²) in [5, 5.41) is 0.517. The van der Waals surface area contributed by atoms with Crippen LogP contribution in [-0.2, 0) is 16.0 Å². The zero-order chi connectivity index (χ0) is 20.4. The molecule has 0 bridgehead atoms. The maximum absolute atomic E-state index is 13.2. The van der Waals surface area contributed by atoms with Gasteiger partial charge in [-0.1, -0.05) is 42.5 Å². The number of para-hydroxylation sites is 1. The Morgan fingerprint density at radius 2 is 1.76 bits per heavy atom. The third-order valence-corrected chi connectivity index (χ3v) is 5.40. The molecule has 1 aliphatic rings. The van der Waals surface area contributed by atoms with E-state index in [0.29, 0.717) is 29.9 Å². The maximum Gasteiger partial charge on any atom is 0.262 e. The molecule has 1 amide bonds. The van der Waals surface area contributed by atoms with E-state index in [9.17, 15) is 9.59 Å². The fourth-order valence-electron chi connectivity index (χ4n) is 3.96. The summed E-state index contributed by atoms with van der Waals surface area (Å²) in [7, 11) is 0. The fourth-order valence-corrected chi connectivity index (χ4v) is 3.96. The van der Waals surface area contributed by atoms with E-state index >= 15 is 0 Å². The summed E-state index contributed by atoms with van der Waals surface area (Å²) in [6, 6.07) is 16.8. The van der Waals surface area contributed by atoms with E-state index in [1.54, 1.807) is 17.9 Å². The lowest BCUT2D eigenvalue weighted by atomic mass is 10.1. The average molecular weight is 391 g/mol. The van der Waals surface area contributed by atoms with Gasteiger partial charge in [0, 0.05) is 13.2 Å². The van der Waals surface area contributed by atoms with Crippen molar-refractivity contribution in [1.29, 1.82) is 0 Å². The van der Waals surface area contributed by atoms with Crippen LogP contribution in [0, 0.1) is 0 Å². The number of aromatic nitrogens is 2. The number of rotatable bonds is 6. The number of hydrogen-bond acceptors (Lipinski definition) is 4. The molecule has 0 unspecified atom stereocenters. The van der Waals surface area contributed by atoms with Crippen molar-refractivity contribution < 1.29 is 9.53 Å². The van der Waals surface area contributed by atoms with Gasteiger partial charge in [0.2, 0.25) is 5.91 Å². The monoisotopic (exact) mass is 391 g/mol. The number of carbonyl (C=O) groups is 1. The van der Waals surface area contributed by atoms with Gasteiger partial charge < -0.3 is 9.64 Å². The molecule has 29 heavy (non-hydrogen) atoms. The van der Waals surface area contributed by atoms with Gasteiger partial charge in [-0.15, -0.1) is 0 Å². The molecule has 2 aromatic carbocycles. The van der Waals surface area contributed by atoms with Crippen LogP contribution in [0.15, 0.2) is 59.4 Å². The van der Waals surface area contributed by atoms with Crippen LogP contribution in [0.3, 0.4) is 0 Å². The molecule has 1 aromatic heterocycles. The Bertz CT molecular complexity index is 1080. The second kappa shape index (κ2) is 8.17. The van der Waals surface area contributed by atoms with Crippen LogP contribution in [-0.4, -0.2) is 33.5 Å². The van der Waals surface area contributed by atoms with Crippen molar-refractivity contribution in [2.75, 3.05) is 13.2 Å². The normalized spacial score (nSPS) is 18.8. The Hall–Kier alpha value is -2.99. The molecule has 150 valence electrons. The quantitative estimate of drug-likeness (QED) is 0.645. The van der Waals surface area contributed by atoms with E-state index in [1.807, 2.05) is 43.3 Å². The molecule has 4 rings (SSSR count). The molecule has 0 saturated carbocycles. The minimum absolute atomic E-state index is 0.108. The van der Waals surface area contributed by atoms with Gasteiger partial charge in [-0.2, -0.15) is 0 Å². The van der Waals surface area contributed by atoms with Crippen LogP contribution in [0.4, 0.5) is 0 Å². The number of carbonyl (C=O) groups excluding carboxylic acids is 1. The lowest BCUT2D eigenvalue weighted by molar-refractivity contribution is -0.157. The first-order valence-electron chi connectivity index (χ1n) is 10.1. The lowest BCUT2D eigenvalue weighted by Gasteiger charge is -2.39. The maximum atomic E-state index is 13.2. The van der Waals surface area contributed by atoms with Gasteiger partial charge in [0.1, 0.15) is 6.04 Å². The number of aryl methyl sites for hydroxylation is 1. The standard InChI is InChI=1S/C23H25N3O3/c1-3-29-23-20-24-19-14-8-7-13-18(19)22(28)26(20)16(2)21(27)25(23)15-9-12-17-10-5-4-6-11-17/h4-8,10-11,13-14,16,23H,3,9,12,15H2,1-2H3/t16-,23-/m0/s1. The number of hydrogen-bond donors (Lipinski definition) is 0. The zero-order valence-electron chi connectivity index (χ0n) is 16.7. The first kappa shape index (κ1) is 19.3. The average Bonchev–Trinajstić information content (AvgIpc) is 2.74. The number of ether oxygens (including phenoxy) is 1. The molecule has 2 atom stereocenters. The van der Waals surface area contributed by atoms with Crippen molar-refractivity contribution in [2.24, 2.45) is 0 Å². The molecule has 0 radical (unpaired) electrons. The van der Waals surface area contributed by atoms with Crippen molar-refractivity contribution in [1.82, 2.24) is 14.5 Å². The van der Waals surface area contributed by atoms with E-state index in [0.717, 1.165) is 12.8 Å². The summed E-state index contributed by atoms with van der Waals surface area (Å²) in [6.45, 7) is 4.61. The number of amides is 1. The number of nitrogens with zero attached hydrogens (tertiary/aromatic N) is 3. The SMILES string of the molecule is CCO[C@H]1c2nc3ccccc3c(=O)n2[C@@H](C)C(=O)N1CCCc1ccccc1. The lowest BCUT2D eigenvalue weighted by Crippen LogP contribution is -2.50. The molecular weight excluding hydrogens is 366 g/mol. The predicted molar refractivity (Wildman–Crippen MR) is 112 cm³/mol. The molecule has 0 spiro atoms. The molecule has 6 nitrogen and oxygen atoms in total. The van der Waals surface area contributed by atoms with Crippen LogP contribution in [0.1, 0.15) is 43.9 Å². The van der Waals surface area contributed by atoms with Crippen molar-refractivity contribution in [3.8, 4) is 0 Å². The summed E-state index contributed by atoms with van der Waals surface area (Å²) >= 11 is 0. The molecular formula is C23H25N3O3. The van der Waals surface area contributed by atoms with Crippen LogP contribution in [0.25, 0.3) is 10.9 Å². The topological polar surface area (TPSA) is 64.4 Å². The zero-order valence-corrected chi connectivity index (χ0v) is 16.7. The predicted octanol–water partition coefficient (Wildman–Crippen LogP) is 3.47. The van der Waals surface area contributed by atoms with E-state index in [1.165, 1.54) is 10.1 Å². The van der Waals surface area contributed by atoms with Crippen LogP contribution >= 0.6 is 0 Å². The second-order valence-electron chi connectivity index (χ2n) is 7.27. The minimum atomic E-state index is -0.656. The molecule has 0 N–H and O–H groups in total. The highest BCUT2D eigenvalue weighted by Gasteiger charge is 2.39. The smallest absolute Gasteiger partial charge is 0.262 e. The van der Waals surface area contributed by atoms with Crippen molar-refractivity contribution in [3.63, 3.8) is 0 Å². The Kier molecular flexibility index (Phi) is 5.45. The molecule has 0 aliphatic carbocycles. The van der Waals surface area contributed by atoms with Gasteiger partial charge in [-0.05, 0) is 44.4 Å². The number of fused-ring (bicyclic) bond motifs is 2.